The van der Waals surface area contributed by atoms with Gasteiger partial charge < -0.3 is 9.30 Å². The van der Waals surface area contributed by atoms with Crippen LogP contribution < -0.4 is 0 Å². The first kappa shape index (κ1) is 13.4. The summed E-state index contributed by atoms with van der Waals surface area (Å²) in [5.41, 5.74) is 2.98. The van der Waals surface area contributed by atoms with E-state index in [0.717, 1.165) is 23.9 Å². The topological polar surface area (TPSA) is 31.2 Å². The lowest BCUT2D eigenvalue weighted by atomic mass is 10.1. The van der Waals surface area contributed by atoms with Crippen LogP contribution in [0.15, 0.2) is 60.8 Å². The van der Waals surface area contributed by atoms with Crippen LogP contribution in [0.3, 0.4) is 0 Å². The first-order valence-corrected chi connectivity index (χ1v) is 6.99. The van der Waals surface area contributed by atoms with Crippen molar-refractivity contribution >= 4 is 16.9 Å². The fourth-order valence-electron chi connectivity index (χ4n) is 2.60. The number of ether oxygens (including phenoxy) is 1. The lowest BCUT2D eigenvalue weighted by molar-refractivity contribution is 0.0602. The first-order chi connectivity index (χ1) is 10.3. The summed E-state index contributed by atoms with van der Waals surface area (Å²) in [6.45, 7) is 0.835. The number of esters is 1. The Balaban J connectivity index is 1.93. The van der Waals surface area contributed by atoms with E-state index in [-0.39, 0.29) is 5.97 Å². The van der Waals surface area contributed by atoms with E-state index in [1.807, 2.05) is 48.7 Å². The molecule has 0 radical (unpaired) electrons. The highest BCUT2D eigenvalue weighted by atomic mass is 16.5. The number of hydrogen-bond donors (Lipinski definition) is 0. The zero-order valence-electron chi connectivity index (χ0n) is 12.0. The zero-order chi connectivity index (χ0) is 14.7. The number of methoxy groups -OCH3 is 1. The average Bonchev–Trinajstić information content (AvgIpc) is 2.92. The van der Waals surface area contributed by atoms with Crippen molar-refractivity contribution in [2.24, 2.45) is 0 Å². The molecule has 0 bridgehead atoms. The summed E-state index contributed by atoms with van der Waals surface area (Å²) in [5, 5.41) is 0.942. The minimum atomic E-state index is -0.287. The van der Waals surface area contributed by atoms with Crippen LogP contribution in [-0.2, 0) is 17.7 Å². The number of carbonyl (C=O) groups excluding carboxylic acids is 1. The lowest BCUT2D eigenvalue weighted by Crippen LogP contribution is -2.01. The van der Waals surface area contributed by atoms with Gasteiger partial charge in [0.05, 0.1) is 12.7 Å². The molecule has 3 nitrogen and oxygen atoms in total. The number of aryl methyl sites for hydroxylation is 2. The standard InChI is InChI=1S/C18H17NO2/c1-21-18(20)16-13-19(17-10-6-5-9-15(16)17)12-11-14-7-3-2-4-8-14/h2-10,13H,11-12H2,1H3. The number of rotatable bonds is 4. The number of aromatic nitrogens is 1. The van der Waals surface area contributed by atoms with Gasteiger partial charge in [-0.25, -0.2) is 4.79 Å². The normalized spacial score (nSPS) is 10.7. The summed E-state index contributed by atoms with van der Waals surface area (Å²) in [5.74, 6) is -0.287. The Hall–Kier alpha value is -2.55. The van der Waals surface area contributed by atoms with Gasteiger partial charge in [-0.1, -0.05) is 48.5 Å². The Morgan fingerprint density at radius 3 is 2.52 bits per heavy atom. The fraction of sp³-hybridized carbons (Fsp3) is 0.167. The van der Waals surface area contributed by atoms with E-state index in [4.69, 9.17) is 4.74 Å². The summed E-state index contributed by atoms with van der Waals surface area (Å²) in [4.78, 5) is 11.9. The van der Waals surface area contributed by atoms with E-state index < -0.39 is 0 Å². The number of hydrogen-bond acceptors (Lipinski definition) is 2. The SMILES string of the molecule is COC(=O)c1cn(CCc2ccccc2)c2ccccc12. The molecule has 3 heteroatoms. The second kappa shape index (κ2) is 5.83. The van der Waals surface area contributed by atoms with Crippen LogP contribution in [0.4, 0.5) is 0 Å². The molecule has 0 aliphatic heterocycles. The number of nitrogens with zero attached hydrogens (tertiary/aromatic N) is 1. The van der Waals surface area contributed by atoms with E-state index >= 15 is 0 Å². The molecule has 0 unspecified atom stereocenters. The molecular weight excluding hydrogens is 262 g/mol. The average molecular weight is 279 g/mol. The second-order valence-electron chi connectivity index (χ2n) is 4.98. The van der Waals surface area contributed by atoms with Crippen molar-refractivity contribution in [3.05, 3.63) is 71.9 Å². The van der Waals surface area contributed by atoms with E-state index in [2.05, 4.69) is 16.7 Å². The van der Waals surface area contributed by atoms with Gasteiger partial charge in [-0.05, 0) is 18.1 Å². The van der Waals surface area contributed by atoms with E-state index in [1.165, 1.54) is 12.7 Å². The molecule has 0 aliphatic rings. The summed E-state index contributed by atoms with van der Waals surface area (Å²) >= 11 is 0. The molecule has 1 heterocycles. The molecule has 2 aromatic carbocycles. The molecule has 0 saturated heterocycles. The second-order valence-corrected chi connectivity index (χ2v) is 4.98. The molecule has 0 aliphatic carbocycles. The highest BCUT2D eigenvalue weighted by Gasteiger charge is 2.14. The summed E-state index contributed by atoms with van der Waals surface area (Å²) in [7, 11) is 1.42. The van der Waals surface area contributed by atoms with E-state index in [0.29, 0.717) is 5.56 Å². The number of para-hydroxylation sites is 1. The molecule has 0 spiro atoms. The van der Waals surface area contributed by atoms with Gasteiger partial charge in [0, 0.05) is 23.6 Å². The largest absolute Gasteiger partial charge is 0.465 e. The maximum Gasteiger partial charge on any atom is 0.340 e. The first-order valence-electron chi connectivity index (χ1n) is 6.99. The van der Waals surface area contributed by atoms with Crippen molar-refractivity contribution in [1.82, 2.24) is 4.57 Å². The third-order valence-corrected chi connectivity index (χ3v) is 3.68. The Labute approximate surface area is 123 Å². The highest BCUT2D eigenvalue weighted by Crippen LogP contribution is 2.22. The molecule has 21 heavy (non-hydrogen) atoms. The number of fused-ring (bicyclic) bond motifs is 1. The van der Waals surface area contributed by atoms with Gasteiger partial charge in [0.15, 0.2) is 0 Å². The van der Waals surface area contributed by atoms with Crippen molar-refractivity contribution in [2.45, 2.75) is 13.0 Å². The maximum absolute atomic E-state index is 11.9. The monoisotopic (exact) mass is 279 g/mol. The van der Waals surface area contributed by atoms with E-state index in [9.17, 15) is 4.79 Å². The minimum Gasteiger partial charge on any atom is -0.465 e. The Kier molecular flexibility index (Phi) is 3.73. The van der Waals surface area contributed by atoms with Crippen molar-refractivity contribution in [2.75, 3.05) is 7.11 Å². The fourth-order valence-corrected chi connectivity index (χ4v) is 2.60. The Morgan fingerprint density at radius 2 is 1.76 bits per heavy atom. The molecule has 3 aromatic rings. The van der Waals surface area contributed by atoms with Gasteiger partial charge in [0.1, 0.15) is 0 Å². The van der Waals surface area contributed by atoms with E-state index in [1.54, 1.807) is 0 Å². The van der Waals surface area contributed by atoms with Crippen molar-refractivity contribution in [3.63, 3.8) is 0 Å². The highest BCUT2D eigenvalue weighted by molar-refractivity contribution is 6.04. The number of benzene rings is 2. The molecule has 0 atom stereocenters. The smallest absolute Gasteiger partial charge is 0.340 e. The van der Waals surface area contributed by atoms with Crippen molar-refractivity contribution in [1.29, 1.82) is 0 Å². The van der Waals surface area contributed by atoms with Crippen LogP contribution in [0.1, 0.15) is 15.9 Å². The van der Waals surface area contributed by atoms with Crippen LogP contribution in [0.5, 0.6) is 0 Å². The van der Waals surface area contributed by atoms with Gasteiger partial charge >= 0.3 is 5.97 Å². The van der Waals surface area contributed by atoms with Gasteiger partial charge in [-0.15, -0.1) is 0 Å². The van der Waals surface area contributed by atoms with Gasteiger partial charge in [-0.2, -0.15) is 0 Å². The summed E-state index contributed by atoms with van der Waals surface area (Å²) < 4.78 is 6.99. The molecule has 106 valence electrons. The third-order valence-electron chi connectivity index (χ3n) is 3.68. The molecule has 1 aromatic heterocycles. The van der Waals surface area contributed by atoms with Crippen LogP contribution in [0.2, 0.25) is 0 Å². The van der Waals surface area contributed by atoms with Crippen LogP contribution in [-0.4, -0.2) is 17.6 Å². The van der Waals surface area contributed by atoms with Crippen molar-refractivity contribution in [3.8, 4) is 0 Å². The maximum atomic E-state index is 11.9. The quantitative estimate of drug-likeness (QED) is 0.682. The van der Waals surface area contributed by atoms with Crippen LogP contribution >= 0.6 is 0 Å². The molecular formula is C18H17NO2. The van der Waals surface area contributed by atoms with Gasteiger partial charge in [0.25, 0.3) is 0 Å². The molecule has 0 N–H and O–H groups in total. The Bertz CT molecular complexity index is 759. The molecule has 0 amide bonds. The summed E-state index contributed by atoms with van der Waals surface area (Å²) in [6.07, 6.45) is 2.82. The van der Waals surface area contributed by atoms with Gasteiger partial charge in [-0.3, -0.25) is 0 Å². The Morgan fingerprint density at radius 1 is 1.05 bits per heavy atom. The molecule has 0 saturated carbocycles. The molecule has 3 rings (SSSR count). The minimum absolute atomic E-state index is 0.287. The third kappa shape index (κ3) is 2.68. The zero-order valence-corrected chi connectivity index (χ0v) is 12.0. The van der Waals surface area contributed by atoms with Gasteiger partial charge in [0.2, 0.25) is 0 Å². The predicted octanol–water partition coefficient (Wildman–Crippen LogP) is 3.67. The number of carbonyl (C=O) groups is 1. The lowest BCUT2D eigenvalue weighted by Gasteiger charge is -2.05. The van der Waals surface area contributed by atoms with Crippen LogP contribution in [0, 0.1) is 0 Å². The predicted molar refractivity (Wildman–Crippen MR) is 83.4 cm³/mol. The molecule has 0 fully saturated rings. The summed E-state index contributed by atoms with van der Waals surface area (Å²) in [6, 6.07) is 18.3. The van der Waals surface area contributed by atoms with Crippen molar-refractivity contribution < 1.29 is 9.53 Å². The van der Waals surface area contributed by atoms with Crippen LogP contribution in [0.25, 0.3) is 10.9 Å².